The molecule has 0 saturated carbocycles. The first kappa shape index (κ1) is 15.5. The summed E-state index contributed by atoms with van der Waals surface area (Å²) in [4.78, 5) is 14.1. The van der Waals surface area contributed by atoms with Crippen molar-refractivity contribution in [2.45, 2.75) is 26.1 Å². The Balaban J connectivity index is 1.86. The number of benzene rings is 1. The van der Waals surface area contributed by atoms with Crippen LogP contribution in [-0.4, -0.2) is 39.2 Å². The summed E-state index contributed by atoms with van der Waals surface area (Å²) in [5.41, 5.74) is 0.112. The fraction of sp³-hybridized carbons (Fsp3) is 0.400. The van der Waals surface area contributed by atoms with E-state index in [1.54, 1.807) is 12.0 Å². The predicted octanol–water partition coefficient (Wildman–Crippen LogP) is 1.92. The van der Waals surface area contributed by atoms with Crippen LogP contribution in [0.5, 0.6) is 0 Å². The Morgan fingerprint density at radius 2 is 2.09 bits per heavy atom. The molecular formula is C15H16F2N4O2. The molecule has 1 aliphatic rings. The topological polar surface area (TPSA) is 60.3 Å². The third kappa shape index (κ3) is 2.70. The number of carbonyl (C=O) groups excluding carboxylic acids is 1. The van der Waals surface area contributed by atoms with Crippen LogP contribution < -0.4 is 0 Å². The lowest BCUT2D eigenvalue weighted by Gasteiger charge is -2.33. The minimum Gasteiger partial charge on any atom is -0.377 e. The number of fused-ring (bicyclic) bond motifs is 1. The zero-order valence-corrected chi connectivity index (χ0v) is 12.8. The average Bonchev–Trinajstić information content (AvgIpc) is 2.94. The monoisotopic (exact) mass is 322 g/mol. The smallest absolute Gasteiger partial charge is 0.254 e. The molecule has 1 atom stereocenters. The van der Waals surface area contributed by atoms with E-state index in [4.69, 9.17) is 4.74 Å². The molecule has 0 unspecified atom stereocenters. The van der Waals surface area contributed by atoms with Crippen LogP contribution in [0.2, 0.25) is 0 Å². The maximum Gasteiger partial charge on any atom is 0.254 e. The Morgan fingerprint density at radius 1 is 1.30 bits per heavy atom. The second kappa shape index (κ2) is 6.04. The standard InChI is InChI=1S/C15H16F2N4O2/c1-9-14-19-18-13(8-23-2)21(14)6-5-20(9)15(22)10-3-4-11(16)12(17)7-10/h3-4,7,9H,5-6,8H2,1-2H3/t9-/m0/s1. The van der Waals surface area contributed by atoms with E-state index in [2.05, 4.69) is 10.2 Å². The van der Waals surface area contributed by atoms with Gasteiger partial charge in [0.25, 0.3) is 5.91 Å². The van der Waals surface area contributed by atoms with Crippen molar-refractivity contribution >= 4 is 5.91 Å². The molecule has 6 nitrogen and oxygen atoms in total. The van der Waals surface area contributed by atoms with Crippen LogP contribution in [0.15, 0.2) is 18.2 Å². The van der Waals surface area contributed by atoms with Crippen molar-refractivity contribution in [1.82, 2.24) is 19.7 Å². The van der Waals surface area contributed by atoms with E-state index in [9.17, 15) is 13.6 Å². The molecule has 0 spiro atoms. The van der Waals surface area contributed by atoms with E-state index in [0.717, 1.165) is 12.1 Å². The number of nitrogens with zero attached hydrogens (tertiary/aromatic N) is 4. The number of halogens is 2. The lowest BCUT2D eigenvalue weighted by Crippen LogP contribution is -2.41. The Kier molecular flexibility index (Phi) is 4.08. The molecule has 0 saturated heterocycles. The zero-order valence-electron chi connectivity index (χ0n) is 12.8. The van der Waals surface area contributed by atoms with Gasteiger partial charge in [0, 0.05) is 25.8 Å². The van der Waals surface area contributed by atoms with E-state index in [1.165, 1.54) is 6.07 Å². The third-order valence-corrected chi connectivity index (χ3v) is 3.96. The third-order valence-electron chi connectivity index (χ3n) is 3.96. The number of ether oxygens (including phenoxy) is 1. The van der Waals surface area contributed by atoms with Crippen molar-refractivity contribution in [3.63, 3.8) is 0 Å². The fourth-order valence-corrected chi connectivity index (χ4v) is 2.75. The highest BCUT2D eigenvalue weighted by atomic mass is 19.2. The molecule has 0 fully saturated rings. The van der Waals surface area contributed by atoms with E-state index in [-0.39, 0.29) is 17.5 Å². The van der Waals surface area contributed by atoms with Crippen LogP contribution >= 0.6 is 0 Å². The van der Waals surface area contributed by atoms with Crippen molar-refractivity contribution in [2.75, 3.05) is 13.7 Å². The average molecular weight is 322 g/mol. The van der Waals surface area contributed by atoms with Crippen molar-refractivity contribution < 1.29 is 18.3 Å². The lowest BCUT2D eigenvalue weighted by atomic mass is 10.1. The molecule has 122 valence electrons. The molecule has 0 bridgehead atoms. The maximum atomic E-state index is 13.3. The summed E-state index contributed by atoms with van der Waals surface area (Å²) >= 11 is 0. The van der Waals surface area contributed by atoms with E-state index in [0.29, 0.717) is 31.3 Å². The van der Waals surface area contributed by atoms with Gasteiger partial charge in [0.05, 0.1) is 6.04 Å². The number of hydrogen-bond acceptors (Lipinski definition) is 4. The van der Waals surface area contributed by atoms with Gasteiger partial charge in [0.2, 0.25) is 0 Å². The number of rotatable bonds is 3. The second-order valence-corrected chi connectivity index (χ2v) is 5.36. The molecule has 1 aromatic heterocycles. The van der Waals surface area contributed by atoms with Crippen molar-refractivity contribution in [1.29, 1.82) is 0 Å². The highest BCUT2D eigenvalue weighted by Gasteiger charge is 2.31. The molecule has 0 radical (unpaired) electrons. The summed E-state index contributed by atoms with van der Waals surface area (Å²) in [6.07, 6.45) is 0. The van der Waals surface area contributed by atoms with Crippen LogP contribution in [0, 0.1) is 11.6 Å². The summed E-state index contributed by atoms with van der Waals surface area (Å²) in [5, 5.41) is 8.19. The number of carbonyl (C=O) groups is 1. The summed E-state index contributed by atoms with van der Waals surface area (Å²) in [7, 11) is 1.58. The Labute approximate surface area is 131 Å². The fourth-order valence-electron chi connectivity index (χ4n) is 2.75. The van der Waals surface area contributed by atoms with E-state index < -0.39 is 11.6 Å². The normalized spacial score (nSPS) is 17.2. The minimum atomic E-state index is -1.04. The minimum absolute atomic E-state index is 0.112. The molecule has 23 heavy (non-hydrogen) atoms. The molecule has 0 N–H and O–H groups in total. The molecular weight excluding hydrogens is 306 g/mol. The van der Waals surface area contributed by atoms with E-state index in [1.807, 2.05) is 11.5 Å². The summed E-state index contributed by atoms with van der Waals surface area (Å²) < 4.78 is 33.4. The first-order chi connectivity index (χ1) is 11.0. The molecule has 1 aromatic carbocycles. The Bertz CT molecular complexity index is 747. The predicted molar refractivity (Wildman–Crippen MR) is 76.5 cm³/mol. The molecule has 2 aromatic rings. The van der Waals surface area contributed by atoms with Crippen molar-refractivity contribution in [3.8, 4) is 0 Å². The number of methoxy groups -OCH3 is 1. The van der Waals surface area contributed by atoms with Crippen molar-refractivity contribution in [2.24, 2.45) is 0 Å². The first-order valence-corrected chi connectivity index (χ1v) is 7.20. The molecule has 2 heterocycles. The zero-order chi connectivity index (χ0) is 16.6. The maximum absolute atomic E-state index is 13.3. The lowest BCUT2D eigenvalue weighted by molar-refractivity contribution is 0.0632. The summed E-state index contributed by atoms with van der Waals surface area (Å²) in [6.45, 7) is 3.13. The van der Waals surface area contributed by atoms with Crippen LogP contribution in [0.25, 0.3) is 0 Å². The summed E-state index contributed by atoms with van der Waals surface area (Å²) in [6, 6.07) is 2.84. The largest absolute Gasteiger partial charge is 0.377 e. The van der Waals surface area contributed by atoms with E-state index >= 15 is 0 Å². The molecule has 3 rings (SSSR count). The van der Waals surface area contributed by atoms with Gasteiger partial charge in [-0.3, -0.25) is 4.79 Å². The van der Waals surface area contributed by atoms with Crippen LogP contribution in [0.1, 0.15) is 35.0 Å². The van der Waals surface area contributed by atoms with Gasteiger partial charge >= 0.3 is 0 Å². The molecule has 1 amide bonds. The quantitative estimate of drug-likeness (QED) is 0.866. The number of aromatic nitrogens is 3. The summed E-state index contributed by atoms with van der Waals surface area (Å²) in [5.74, 6) is -1.02. The van der Waals surface area contributed by atoms with Gasteiger partial charge < -0.3 is 14.2 Å². The Morgan fingerprint density at radius 3 is 2.78 bits per heavy atom. The van der Waals surface area contributed by atoms with Gasteiger partial charge in [0.1, 0.15) is 6.61 Å². The highest BCUT2D eigenvalue weighted by Crippen LogP contribution is 2.26. The molecule has 0 aliphatic carbocycles. The van der Waals surface area contributed by atoms with Gasteiger partial charge in [-0.05, 0) is 25.1 Å². The first-order valence-electron chi connectivity index (χ1n) is 7.20. The molecule has 8 heteroatoms. The molecule has 1 aliphatic heterocycles. The van der Waals surface area contributed by atoms with Gasteiger partial charge in [-0.15, -0.1) is 10.2 Å². The Hall–Kier alpha value is -2.35. The van der Waals surface area contributed by atoms with Crippen LogP contribution in [-0.2, 0) is 17.9 Å². The second-order valence-electron chi connectivity index (χ2n) is 5.36. The highest BCUT2D eigenvalue weighted by molar-refractivity contribution is 5.94. The van der Waals surface area contributed by atoms with Gasteiger partial charge in [-0.1, -0.05) is 0 Å². The van der Waals surface area contributed by atoms with Gasteiger partial charge in [-0.25, -0.2) is 8.78 Å². The van der Waals surface area contributed by atoms with Crippen LogP contribution in [0.4, 0.5) is 8.78 Å². The van der Waals surface area contributed by atoms with Crippen molar-refractivity contribution in [3.05, 3.63) is 47.0 Å². The van der Waals surface area contributed by atoms with Gasteiger partial charge in [-0.2, -0.15) is 0 Å². The SMILES string of the molecule is COCc1nnc2n1CCN(C(=O)c1ccc(F)c(F)c1)[C@H]2C. The van der Waals surface area contributed by atoms with Crippen LogP contribution in [0.3, 0.4) is 0 Å². The number of hydrogen-bond donors (Lipinski definition) is 0. The van der Waals surface area contributed by atoms with Gasteiger partial charge in [0.15, 0.2) is 23.3 Å². The number of amides is 1.